The second-order valence-electron chi connectivity index (χ2n) is 10.5. The number of ether oxygens (including phenoxy) is 2. The van der Waals surface area contributed by atoms with Crippen molar-refractivity contribution in [1.82, 2.24) is 9.80 Å². The van der Waals surface area contributed by atoms with E-state index in [2.05, 4.69) is 4.74 Å². The van der Waals surface area contributed by atoms with Crippen LogP contribution in [0.1, 0.15) is 63.4 Å². The lowest BCUT2D eigenvalue weighted by Crippen LogP contribution is -2.54. The minimum absolute atomic E-state index is 0.0426. The molecule has 1 atom stereocenters. The van der Waals surface area contributed by atoms with Crippen LogP contribution in [0.15, 0.2) is 12.1 Å². The number of piperidine rings is 1. The van der Waals surface area contributed by atoms with Gasteiger partial charge in [-0.05, 0) is 72.1 Å². The van der Waals surface area contributed by atoms with Crippen molar-refractivity contribution in [3.63, 3.8) is 0 Å². The molecule has 11 heteroatoms. The minimum Gasteiger partial charge on any atom is -0.444 e. The second kappa shape index (κ2) is 10.2. The average molecular weight is 511 g/mol. The summed E-state index contributed by atoms with van der Waals surface area (Å²) in [5.74, 6) is -2.03. The molecule has 1 saturated heterocycles. The first-order valence-corrected chi connectivity index (χ1v) is 12.2. The van der Waals surface area contributed by atoms with Crippen molar-refractivity contribution in [2.75, 3.05) is 31.1 Å². The lowest BCUT2D eigenvalue weighted by atomic mass is 9.98. The van der Waals surface area contributed by atoms with Crippen LogP contribution in [0.2, 0.25) is 0 Å². The summed E-state index contributed by atoms with van der Waals surface area (Å²) < 4.78 is 38.5. The first kappa shape index (κ1) is 27.6. The topological polar surface area (TPSA) is 105 Å². The highest BCUT2D eigenvalue weighted by molar-refractivity contribution is 6.04. The van der Waals surface area contributed by atoms with Crippen LogP contribution in [0.5, 0.6) is 5.75 Å². The summed E-state index contributed by atoms with van der Waals surface area (Å²) >= 11 is 0. The number of halogens is 2. The fourth-order valence-electron chi connectivity index (χ4n) is 4.63. The highest BCUT2D eigenvalue weighted by atomic mass is 19.3. The minimum atomic E-state index is -4.02. The van der Waals surface area contributed by atoms with E-state index in [-0.39, 0.29) is 48.1 Å². The van der Waals surface area contributed by atoms with Gasteiger partial charge in [-0.3, -0.25) is 14.5 Å². The van der Waals surface area contributed by atoms with Gasteiger partial charge in [-0.1, -0.05) is 0 Å². The van der Waals surface area contributed by atoms with Crippen molar-refractivity contribution >= 4 is 23.6 Å². The Balaban J connectivity index is 1.93. The summed E-state index contributed by atoms with van der Waals surface area (Å²) in [6, 6.07) is 2.29. The maximum Gasteiger partial charge on any atom is 0.482 e. The van der Waals surface area contributed by atoms with Crippen LogP contribution in [0.25, 0.3) is 0 Å². The molecular weight excluding hydrogens is 474 g/mol. The molecule has 0 spiro atoms. The van der Waals surface area contributed by atoms with Crippen LogP contribution >= 0.6 is 0 Å². The highest BCUT2D eigenvalue weighted by Gasteiger charge is 2.50. The number of carbonyl (C=O) groups excluding carboxylic acids is 3. The number of carbonyl (C=O) groups is 3. The van der Waals surface area contributed by atoms with Crippen LogP contribution in [0, 0.1) is 6.92 Å². The van der Waals surface area contributed by atoms with Crippen LogP contribution in [-0.4, -0.2) is 77.7 Å². The number of anilines is 1. The maximum atomic E-state index is 14.2. The number of fused-ring (bicyclic) bond motifs is 1. The molecule has 3 amide bonds. The molecule has 0 aliphatic carbocycles. The smallest absolute Gasteiger partial charge is 0.444 e. The highest BCUT2D eigenvalue weighted by Crippen LogP contribution is 2.41. The molecule has 1 aromatic carbocycles. The summed E-state index contributed by atoms with van der Waals surface area (Å²) in [5.41, 5.74) is 5.70. The third-order valence-electron chi connectivity index (χ3n) is 6.14. The predicted octanol–water partition coefficient (Wildman–Crippen LogP) is 3.52. The van der Waals surface area contributed by atoms with Gasteiger partial charge in [0.15, 0.2) is 5.75 Å². The Labute approximate surface area is 210 Å². The molecule has 0 unspecified atom stereocenters. The number of benzene rings is 1. The molecular formula is C25H36F2N4O5. The number of amides is 3. The van der Waals surface area contributed by atoms with Crippen LogP contribution in [0.3, 0.4) is 0 Å². The van der Waals surface area contributed by atoms with E-state index in [4.69, 9.17) is 10.5 Å². The Kier molecular flexibility index (Phi) is 7.83. The van der Waals surface area contributed by atoms with Gasteiger partial charge in [-0.25, -0.2) is 4.79 Å². The van der Waals surface area contributed by atoms with E-state index in [1.807, 2.05) is 13.8 Å². The van der Waals surface area contributed by atoms with Gasteiger partial charge in [0.25, 0.3) is 5.91 Å². The monoisotopic (exact) mass is 510 g/mol. The average Bonchev–Trinajstić information content (AvgIpc) is 2.75. The van der Waals surface area contributed by atoms with Gasteiger partial charge >= 0.3 is 18.1 Å². The van der Waals surface area contributed by atoms with E-state index in [0.717, 1.165) is 4.90 Å². The number of likely N-dealkylation sites (tertiary alicyclic amines) is 1. The van der Waals surface area contributed by atoms with Crippen molar-refractivity contribution < 1.29 is 32.6 Å². The van der Waals surface area contributed by atoms with Crippen molar-refractivity contribution in [2.24, 2.45) is 5.73 Å². The summed E-state index contributed by atoms with van der Waals surface area (Å²) in [7, 11) is 0. The number of hydrogen-bond donors (Lipinski definition) is 1. The van der Waals surface area contributed by atoms with Crippen molar-refractivity contribution in [3.8, 4) is 5.75 Å². The summed E-state index contributed by atoms with van der Waals surface area (Å²) in [6.45, 7) is 11.4. The van der Waals surface area contributed by atoms with E-state index in [1.165, 1.54) is 12.1 Å². The number of alkyl halides is 2. The first-order chi connectivity index (χ1) is 16.7. The number of nitrogens with zero attached hydrogens (tertiary/aromatic N) is 3. The Morgan fingerprint density at radius 3 is 2.56 bits per heavy atom. The standard InChI is InChI=1S/C25H36F2N4O5/c1-15(2)31(17-8-7-10-29(14-17)23(34)36-24(4,5)6)21(32)18-13-19-20(12-16(18)3)35-25(26,27)22(33)30(19)11-9-28/h12-13,15,17H,7-11,14,28H2,1-6H3/t17-/m1/s1. The molecule has 9 nitrogen and oxygen atoms in total. The molecule has 0 bridgehead atoms. The molecule has 0 saturated carbocycles. The Morgan fingerprint density at radius 2 is 1.97 bits per heavy atom. The summed E-state index contributed by atoms with van der Waals surface area (Å²) in [5, 5.41) is 0. The number of aryl methyl sites for hydroxylation is 1. The van der Waals surface area contributed by atoms with Gasteiger partial charge in [-0.2, -0.15) is 8.78 Å². The Morgan fingerprint density at radius 1 is 1.31 bits per heavy atom. The van der Waals surface area contributed by atoms with Crippen molar-refractivity contribution in [3.05, 3.63) is 23.3 Å². The number of hydrogen-bond acceptors (Lipinski definition) is 6. The molecule has 3 rings (SSSR count). The van der Waals surface area contributed by atoms with Gasteiger partial charge in [0.1, 0.15) is 5.60 Å². The van der Waals surface area contributed by atoms with Crippen LogP contribution < -0.4 is 15.4 Å². The van der Waals surface area contributed by atoms with E-state index in [9.17, 15) is 23.2 Å². The fraction of sp³-hybridized carbons (Fsp3) is 0.640. The third-order valence-corrected chi connectivity index (χ3v) is 6.14. The summed E-state index contributed by atoms with van der Waals surface area (Å²) in [6.07, 6.45) is -3.05. The summed E-state index contributed by atoms with van der Waals surface area (Å²) in [4.78, 5) is 43.0. The molecule has 0 aromatic heterocycles. The Hall–Kier alpha value is -2.95. The lowest BCUT2D eigenvalue weighted by molar-refractivity contribution is -0.192. The zero-order chi connectivity index (χ0) is 27.0. The number of rotatable bonds is 5. The molecule has 200 valence electrons. The molecule has 1 aromatic rings. The Bertz CT molecular complexity index is 1020. The molecule has 0 radical (unpaired) electrons. The van der Waals surface area contributed by atoms with E-state index < -0.39 is 23.7 Å². The molecule has 2 aliphatic heterocycles. The van der Waals surface area contributed by atoms with Crippen LogP contribution in [-0.2, 0) is 9.53 Å². The van der Waals surface area contributed by atoms with E-state index in [0.29, 0.717) is 31.5 Å². The molecule has 2 heterocycles. The number of nitrogens with two attached hydrogens (primary N) is 1. The van der Waals surface area contributed by atoms with Crippen LogP contribution in [0.4, 0.5) is 19.3 Å². The van der Waals surface area contributed by atoms with Crippen molar-refractivity contribution in [1.29, 1.82) is 0 Å². The van der Waals surface area contributed by atoms with Gasteiger partial charge in [0.2, 0.25) is 0 Å². The SMILES string of the molecule is Cc1cc2c(cc1C(=O)N(C(C)C)[C@@H]1CCCN(C(=O)OC(C)(C)C)C1)N(CCN)C(=O)C(F)(F)O2. The van der Waals surface area contributed by atoms with E-state index >= 15 is 0 Å². The largest absolute Gasteiger partial charge is 0.482 e. The molecule has 2 aliphatic rings. The van der Waals surface area contributed by atoms with Gasteiger partial charge in [0.05, 0.1) is 11.7 Å². The first-order valence-electron chi connectivity index (χ1n) is 12.2. The fourth-order valence-corrected chi connectivity index (χ4v) is 4.63. The molecule has 1 fully saturated rings. The van der Waals surface area contributed by atoms with Gasteiger partial charge in [0, 0.05) is 37.8 Å². The zero-order valence-electron chi connectivity index (χ0n) is 21.8. The zero-order valence-corrected chi connectivity index (χ0v) is 21.8. The molecule has 2 N–H and O–H groups in total. The predicted molar refractivity (Wildman–Crippen MR) is 130 cm³/mol. The normalized spacial score (nSPS) is 19.6. The van der Waals surface area contributed by atoms with Gasteiger partial charge in [-0.15, -0.1) is 0 Å². The van der Waals surface area contributed by atoms with E-state index in [1.54, 1.807) is 37.5 Å². The second-order valence-corrected chi connectivity index (χ2v) is 10.5. The van der Waals surface area contributed by atoms with Gasteiger partial charge < -0.3 is 25.0 Å². The quantitative estimate of drug-likeness (QED) is 0.650. The molecule has 36 heavy (non-hydrogen) atoms. The third kappa shape index (κ3) is 5.71. The maximum absolute atomic E-state index is 14.2. The van der Waals surface area contributed by atoms with Crippen molar-refractivity contribution in [2.45, 2.75) is 78.2 Å². The lowest BCUT2D eigenvalue weighted by Gasteiger charge is -2.42.